The van der Waals surface area contributed by atoms with Crippen molar-refractivity contribution in [2.24, 2.45) is 0 Å². The highest BCUT2D eigenvalue weighted by Crippen LogP contribution is 2.18. The molecule has 1 nitrogen and oxygen atoms in total. The van der Waals surface area contributed by atoms with Crippen LogP contribution in [0.1, 0.15) is 42.0 Å². The Morgan fingerprint density at radius 1 is 0.952 bits per heavy atom. The second kappa shape index (κ2) is 7.55. The van der Waals surface area contributed by atoms with Crippen molar-refractivity contribution in [2.75, 3.05) is 7.11 Å². The van der Waals surface area contributed by atoms with Gasteiger partial charge in [0.15, 0.2) is 0 Å². The predicted octanol–water partition coefficient (Wildman–Crippen LogP) is 4.75. The van der Waals surface area contributed by atoms with Crippen LogP contribution in [-0.2, 0) is 6.42 Å². The summed E-state index contributed by atoms with van der Waals surface area (Å²) in [4.78, 5) is 0. The molecule has 0 saturated carbocycles. The molecule has 0 heterocycles. The van der Waals surface area contributed by atoms with E-state index >= 15 is 0 Å². The lowest BCUT2D eigenvalue weighted by atomic mass is 10.1. The number of ether oxygens (including phenoxy) is 1. The van der Waals surface area contributed by atoms with Crippen LogP contribution in [0.2, 0.25) is 0 Å². The van der Waals surface area contributed by atoms with Crippen molar-refractivity contribution in [2.45, 2.75) is 33.1 Å². The Bertz CT molecular complexity index is 642. The van der Waals surface area contributed by atoms with Gasteiger partial charge in [-0.1, -0.05) is 37.3 Å². The normalized spacial score (nSPS) is 9.86. The van der Waals surface area contributed by atoms with E-state index in [1.165, 1.54) is 18.4 Å². The topological polar surface area (TPSA) is 9.23 Å². The lowest BCUT2D eigenvalue weighted by molar-refractivity contribution is 0.411. The Labute approximate surface area is 128 Å². The molecular weight excluding hydrogens is 256 g/mol. The maximum atomic E-state index is 5.26. The van der Waals surface area contributed by atoms with Crippen molar-refractivity contribution in [1.29, 1.82) is 0 Å². The van der Waals surface area contributed by atoms with Gasteiger partial charge in [0.1, 0.15) is 5.75 Å². The SMILES string of the molecule is CCCCc1ccc(C#Cc2ccc(OC)c(C)c2)cc1. The highest BCUT2D eigenvalue weighted by atomic mass is 16.5. The van der Waals surface area contributed by atoms with Crippen LogP contribution in [0.3, 0.4) is 0 Å². The van der Waals surface area contributed by atoms with Gasteiger partial charge in [0, 0.05) is 11.1 Å². The molecule has 0 fully saturated rings. The predicted molar refractivity (Wildman–Crippen MR) is 88.8 cm³/mol. The van der Waals surface area contributed by atoms with E-state index in [9.17, 15) is 0 Å². The lowest BCUT2D eigenvalue weighted by Gasteiger charge is -2.03. The largest absolute Gasteiger partial charge is 0.496 e. The second-order valence-corrected chi connectivity index (χ2v) is 5.23. The van der Waals surface area contributed by atoms with Crippen LogP contribution in [0, 0.1) is 18.8 Å². The summed E-state index contributed by atoms with van der Waals surface area (Å²) in [6, 6.07) is 14.6. The molecule has 2 rings (SSSR count). The Hall–Kier alpha value is -2.20. The van der Waals surface area contributed by atoms with Crippen molar-refractivity contribution >= 4 is 0 Å². The molecule has 0 aliphatic carbocycles. The molecule has 0 saturated heterocycles. The molecule has 0 aromatic heterocycles. The summed E-state index contributed by atoms with van der Waals surface area (Å²) in [5.41, 5.74) is 4.58. The molecular formula is C20H22O. The smallest absolute Gasteiger partial charge is 0.121 e. The zero-order valence-electron chi connectivity index (χ0n) is 13.1. The summed E-state index contributed by atoms with van der Waals surface area (Å²) in [5.74, 6) is 7.33. The maximum Gasteiger partial charge on any atom is 0.121 e. The summed E-state index contributed by atoms with van der Waals surface area (Å²) in [6.07, 6.45) is 3.64. The fourth-order valence-corrected chi connectivity index (χ4v) is 2.24. The fourth-order valence-electron chi connectivity index (χ4n) is 2.24. The van der Waals surface area contributed by atoms with E-state index < -0.39 is 0 Å². The number of aryl methyl sites for hydroxylation is 2. The van der Waals surface area contributed by atoms with Gasteiger partial charge in [-0.3, -0.25) is 0 Å². The number of benzene rings is 2. The summed E-state index contributed by atoms with van der Waals surface area (Å²) in [6.45, 7) is 4.25. The van der Waals surface area contributed by atoms with Crippen LogP contribution in [0.4, 0.5) is 0 Å². The average Bonchev–Trinajstić information content (AvgIpc) is 2.52. The fraction of sp³-hybridized carbons (Fsp3) is 0.300. The van der Waals surface area contributed by atoms with E-state index in [0.717, 1.165) is 28.9 Å². The summed E-state index contributed by atoms with van der Waals surface area (Å²) in [5, 5.41) is 0. The van der Waals surface area contributed by atoms with Gasteiger partial charge in [-0.2, -0.15) is 0 Å². The number of methoxy groups -OCH3 is 1. The first-order valence-corrected chi connectivity index (χ1v) is 7.48. The highest BCUT2D eigenvalue weighted by molar-refractivity contribution is 5.47. The average molecular weight is 278 g/mol. The van der Waals surface area contributed by atoms with E-state index in [0.29, 0.717) is 0 Å². The summed E-state index contributed by atoms with van der Waals surface area (Å²) in [7, 11) is 1.69. The molecule has 2 aromatic rings. The Balaban J connectivity index is 2.09. The monoisotopic (exact) mass is 278 g/mol. The Morgan fingerprint density at radius 2 is 1.62 bits per heavy atom. The van der Waals surface area contributed by atoms with Gasteiger partial charge >= 0.3 is 0 Å². The molecule has 108 valence electrons. The van der Waals surface area contributed by atoms with E-state index in [1.807, 2.05) is 19.1 Å². The quantitative estimate of drug-likeness (QED) is 0.734. The van der Waals surface area contributed by atoms with Gasteiger partial charge in [-0.15, -0.1) is 0 Å². The molecule has 0 amide bonds. The third-order valence-electron chi connectivity index (χ3n) is 3.52. The van der Waals surface area contributed by atoms with E-state index in [-0.39, 0.29) is 0 Å². The van der Waals surface area contributed by atoms with Gasteiger partial charge < -0.3 is 4.74 Å². The third-order valence-corrected chi connectivity index (χ3v) is 3.52. The molecule has 0 spiro atoms. The van der Waals surface area contributed by atoms with Crippen molar-refractivity contribution in [3.8, 4) is 17.6 Å². The molecule has 0 radical (unpaired) electrons. The van der Waals surface area contributed by atoms with Crippen LogP contribution in [0.25, 0.3) is 0 Å². The maximum absolute atomic E-state index is 5.26. The number of hydrogen-bond acceptors (Lipinski definition) is 1. The standard InChI is InChI=1S/C20H22O/c1-4-5-6-17-7-9-18(10-8-17)11-12-19-13-14-20(21-3)16(2)15-19/h7-10,13-15H,4-6H2,1-3H3. The van der Waals surface area contributed by atoms with Gasteiger partial charge in [0.25, 0.3) is 0 Å². The lowest BCUT2D eigenvalue weighted by Crippen LogP contribution is -1.87. The van der Waals surface area contributed by atoms with E-state index in [2.05, 4.69) is 49.1 Å². The number of unbranched alkanes of at least 4 members (excludes halogenated alkanes) is 1. The van der Waals surface area contributed by atoms with E-state index in [4.69, 9.17) is 4.74 Å². The second-order valence-electron chi connectivity index (χ2n) is 5.23. The van der Waals surface area contributed by atoms with Crippen molar-refractivity contribution < 1.29 is 4.74 Å². The minimum absolute atomic E-state index is 0.904. The van der Waals surface area contributed by atoms with Crippen LogP contribution < -0.4 is 4.74 Å². The minimum atomic E-state index is 0.904. The summed E-state index contributed by atoms with van der Waals surface area (Å²) < 4.78 is 5.26. The highest BCUT2D eigenvalue weighted by Gasteiger charge is 1.97. The summed E-state index contributed by atoms with van der Waals surface area (Å²) >= 11 is 0. The van der Waals surface area contributed by atoms with Crippen molar-refractivity contribution in [3.63, 3.8) is 0 Å². The van der Waals surface area contributed by atoms with Crippen LogP contribution in [0.15, 0.2) is 42.5 Å². The number of rotatable bonds is 4. The van der Waals surface area contributed by atoms with Gasteiger partial charge in [0.2, 0.25) is 0 Å². The van der Waals surface area contributed by atoms with Crippen LogP contribution >= 0.6 is 0 Å². The van der Waals surface area contributed by atoms with Crippen LogP contribution in [0.5, 0.6) is 5.75 Å². The first-order valence-electron chi connectivity index (χ1n) is 7.48. The Kier molecular flexibility index (Phi) is 5.46. The molecule has 1 heteroatoms. The first-order chi connectivity index (χ1) is 10.2. The molecule has 0 bridgehead atoms. The Morgan fingerprint density at radius 3 is 2.24 bits per heavy atom. The molecule has 0 aliphatic rings. The van der Waals surface area contributed by atoms with Crippen molar-refractivity contribution in [1.82, 2.24) is 0 Å². The molecule has 0 unspecified atom stereocenters. The molecule has 0 atom stereocenters. The van der Waals surface area contributed by atoms with Gasteiger partial charge in [-0.05, 0) is 61.2 Å². The minimum Gasteiger partial charge on any atom is -0.496 e. The zero-order chi connectivity index (χ0) is 15.1. The molecule has 0 aliphatic heterocycles. The molecule has 21 heavy (non-hydrogen) atoms. The van der Waals surface area contributed by atoms with Crippen LogP contribution in [-0.4, -0.2) is 7.11 Å². The van der Waals surface area contributed by atoms with Gasteiger partial charge in [0.05, 0.1) is 7.11 Å². The molecule has 2 aromatic carbocycles. The van der Waals surface area contributed by atoms with Crippen molar-refractivity contribution in [3.05, 3.63) is 64.7 Å². The third kappa shape index (κ3) is 4.39. The van der Waals surface area contributed by atoms with E-state index in [1.54, 1.807) is 7.11 Å². The molecule has 0 N–H and O–H groups in total. The zero-order valence-corrected chi connectivity index (χ0v) is 13.1. The van der Waals surface area contributed by atoms with Gasteiger partial charge in [-0.25, -0.2) is 0 Å². The first kappa shape index (κ1) is 15.2. The number of hydrogen-bond donors (Lipinski definition) is 0.